The number of anilines is 1. The van der Waals surface area contributed by atoms with Gasteiger partial charge in [-0.25, -0.2) is 8.42 Å². The largest absolute Gasteiger partial charge is 0.493 e. The molecule has 156 valence electrons. The Kier molecular flexibility index (Phi) is 6.17. The molecule has 0 radical (unpaired) electrons. The number of ether oxygens (including phenoxy) is 3. The van der Waals surface area contributed by atoms with Crippen LogP contribution in [0.2, 0.25) is 0 Å². The monoisotopic (exact) mass is 420 g/mol. The molecule has 0 aliphatic carbocycles. The zero-order valence-corrected chi connectivity index (χ0v) is 17.4. The highest BCUT2D eigenvalue weighted by Gasteiger charge is 2.37. The van der Waals surface area contributed by atoms with Crippen molar-refractivity contribution in [2.45, 2.75) is 24.3 Å². The highest BCUT2D eigenvalue weighted by Crippen LogP contribution is 2.38. The van der Waals surface area contributed by atoms with Crippen LogP contribution in [0.3, 0.4) is 0 Å². The van der Waals surface area contributed by atoms with Crippen molar-refractivity contribution in [3.05, 3.63) is 42.5 Å². The van der Waals surface area contributed by atoms with Gasteiger partial charge < -0.3 is 19.5 Å². The number of benzene rings is 2. The summed E-state index contributed by atoms with van der Waals surface area (Å²) in [6.45, 7) is 2.29. The Bertz CT molecular complexity index is 992. The van der Waals surface area contributed by atoms with Gasteiger partial charge in [-0.3, -0.25) is 9.10 Å². The van der Waals surface area contributed by atoms with Crippen molar-refractivity contribution < 1.29 is 27.4 Å². The molecule has 0 fully saturated rings. The molecule has 1 aliphatic rings. The molecule has 2 aromatic rings. The van der Waals surface area contributed by atoms with Gasteiger partial charge in [-0.1, -0.05) is 19.1 Å². The maximum Gasteiger partial charge on any atom is 0.264 e. The first-order valence-corrected chi connectivity index (χ1v) is 10.6. The minimum Gasteiger partial charge on any atom is -0.493 e. The molecule has 1 heterocycles. The Labute approximate surface area is 170 Å². The van der Waals surface area contributed by atoms with Gasteiger partial charge in [0, 0.05) is 12.6 Å². The van der Waals surface area contributed by atoms with Crippen molar-refractivity contribution in [2.75, 3.05) is 31.6 Å². The highest BCUT2D eigenvalue weighted by atomic mass is 32.2. The maximum atomic E-state index is 13.4. The number of sulfonamides is 1. The molecule has 9 heteroatoms. The van der Waals surface area contributed by atoms with Crippen LogP contribution in [0, 0.1) is 0 Å². The molecule has 0 bridgehead atoms. The number of nitrogens with zero attached hydrogens (tertiary/aromatic N) is 1. The van der Waals surface area contributed by atoms with Crippen molar-refractivity contribution >= 4 is 21.6 Å². The van der Waals surface area contributed by atoms with Crippen molar-refractivity contribution in [3.63, 3.8) is 0 Å². The van der Waals surface area contributed by atoms with Crippen LogP contribution in [0.1, 0.15) is 13.3 Å². The van der Waals surface area contributed by atoms with E-state index in [1.165, 1.54) is 36.7 Å². The van der Waals surface area contributed by atoms with E-state index in [9.17, 15) is 13.2 Å². The van der Waals surface area contributed by atoms with Gasteiger partial charge in [0.1, 0.15) is 5.75 Å². The van der Waals surface area contributed by atoms with Crippen LogP contribution < -0.4 is 23.8 Å². The normalized spacial score (nSPS) is 15.8. The minimum absolute atomic E-state index is 0.0274. The first-order valence-electron chi connectivity index (χ1n) is 9.20. The average molecular weight is 420 g/mol. The molecule has 1 amide bonds. The number of methoxy groups -OCH3 is 2. The SMILES string of the molecule is CCCNC(=O)C1CN(S(=O)(=O)c2ccc(OC)c(OC)c2)c2ccccc2O1. The van der Waals surface area contributed by atoms with Crippen molar-refractivity contribution in [1.82, 2.24) is 5.32 Å². The summed E-state index contributed by atoms with van der Waals surface area (Å²) in [6, 6.07) is 11.1. The second-order valence-electron chi connectivity index (χ2n) is 6.42. The van der Waals surface area contributed by atoms with E-state index in [1.54, 1.807) is 24.3 Å². The van der Waals surface area contributed by atoms with E-state index in [2.05, 4.69) is 5.32 Å². The van der Waals surface area contributed by atoms with Gasteiger partial charge in [0.15, 0.2) is 17.6 Å². The molecule has 2 aromatic carbocycles. The molecular formula is C20H24N2O6S. The number of carbonyl (C=O) groups is 1. The molecule has 1 aliphatic heterocycles. The van der Waals surface area contributed by atoms with E-state index in [4.69, 9.17) is 14.2 Å². The van der Waals surface area contributed by atoms with Crippen LogP contribution in [-0.2, 0) is 14.8 Å². The predicted octanol–water partition coefficient (Wildman–Crippen LogP) is 2.19. The summed E-state index contributed by atoms with van der Waals surface area (Å²) in [7, 11) is -1.07. The van der Waals surface area contributed by atoms with Crippen LogP contribution >= 0.6 is 0 Å². The van der Waals surface area contributed by atoms with Gasteiger partial charge in [-0.05, 0) is 30.7 Å². The quantitative estimate of drug-likeness (QED) is 0.738. The molecule has 8 nitrogen and oxygen atoms in total. The van der Waals surface area contributed by atoms with E-state index >= 15 is 0 Å². The molecular weight excluding hydrogens is 396 g/mol. The number of amides is 1. The van der Waals surface area contributed by atoms with Crippen LogP contribution in [0.5, 0.6) is 17.2 Å². The number of carbonyl (C=O) groups excluding carboxylic acids is 1. The Morgan fingerprint density at radius 3 is 2.59 bits per heavy atom. The summed E-state index contributed by atoms with van der Waals surface area (Å²) in [5, 5.41) is 2.76. The zero-order chi connectivity index (χ0) is 21.0. The molecule has 3 rings (SSSR count). The predicted molar refractivity (Wildman–Crippen MR) is 108 cm³/mol. The molecule has 1 atom stereocenters. The molecule has 29 heavy (non-hydrogen) atoms. The average Bonchev–Trinajstić information content (AvgIpc) is 2.75. The lowest BCUT2D eigenvalue weighted by atomic mass is 10.2. The Morgan fingerprint density at radius 2 is 1.90 bits per heavy atom. The lowest BCUT2D eigenvalue weighted by Crippen LogP contribution is -2.50. The maximum absolute atomic E-state index is 13.4. The van der Waals surface area contributed by atoms with Gasteiger partial charge in [-0.2, -0.15) is 0 Å². The number of para-hydroxylation sites is 2. The smallest absolute Gasteiger partial charge is 0.264 e. The summed E-state index contributed by atoms with van der Waals surface area (Å²) < 4.78 is 44.3. The van der Waals surface area contributed by atoms with E-state index in [-0.39, 0.29) is 17.3 Å². The van der Waals surface area contributed by atoms with Gasteiger partial charge in [0.05, 0.1) is 31.3 Å². The molecule has 1 unspecified atom stereocenters. The third-order valence-electron chi connectivity index (χ3n) is 4.52. The molecule has 0 aromatic heterocycles. The van der Waals surface area contributed by atoms with Gasteiger partial charge in [-0.15, -0.1) is 0 Å². The van der Waals surface area contributed by atoms with E-state index < -0.39 is 16.1 Å². The molecule has 0 spiro atoms. The first-order chi connectivity index (χ1) is 13.9. The summed E-state index contributed by atoms with van der Waals surface area (Å²) in [6.07, 6.45) is -0.186. The fourth-order valence-corrected chi connectivity index (χ4v) is 4.52. The van der Waals surface area contributed by atoms with Gasteiger partial charge >= 0.3 is 0 Å². The lowest BCUT2D eigenvalue weighted by Gasteiger charge is -2.34. The fourth-order valence-electron chi connectivity index (χ4n) is 3.03. The van der Waals surface area contributed by atoms with E-state index in [0.717, 1.165) is 6.42 Å². The second-order valence-corrected chi connectivity index (χ2v) is 8.28. The molecule has 0 saturated carbocycles. The van der Waals surface area contributed by atoms with Crippen molar-refractivity contribution in [2.24, 2.45) is 0 Å². The van der Waals surface area contributed by atoms with Crippen molar-refractivity contribution in [1.29, 1.82) is 0 Å². The second kappa shape index (κ2) is 8.60. The molecule has 1 N–H and O–H groups in total. The summed E-state index contributed by atoms with van der Waals surface area (Å²) in [4.78, 5) is 12.5. The fraction of sp³-hybridized carbons (Fsp3) is 0.350. The van der Waals surface area contributed by atoms with E-state index in [1.807, 2.05) is 6.92 Å². The number of fused-ring (bicyclic) bond motifs is 1. The number of hydrogen-bond acceptors (Lipinski definition) is 6. The number of hydrogen-bond donors (Lipinski definition) is 1. The third-order valence-corrected chi connectivity index (χ3v) is 6.30. The van der Waals surface area contributed by atoms with Gasteiger partial charge in [0.25, 0.3) is 15.9 Å². The van der Waals surface area contributed by atoms with E-state index in [0.29, 0.717) is 29.5 Å². The Hall–Kier alpha value is -2.94. The van der Waals surface area contributed by atoms with Crippen LogP contribution in [0.25, 0.3) is 0 Å². The van der Waals surface area contributed by atoms with Gasteiger partial charge in [0.2, 0.25) is 0 Å². The van der Waals surface area contributed by atoms with Crippen LogP contribution in [0.4, 0.5) is 5.69 Å². The zero-order valence-electron chi connectivity index (χ0n) is 16.5. The van der Waals surface area contributed by atoms with Crippen LogP contribution in [-0.4, -0.2) is 47.7 Å². The Morgan fingerprint density at radius 1 is 1.17 bits per heavy atom. The van der Waals surface area contributed by atoms with Crippen molar-refractivity contribution in [3.8, 4) is 17.2 Å². The number of nitrogens with one attached hydrogen (secondary N) is 1. The summed E-state index contributed by atoms with van der Waals surface area (Å²) >= 11 is 0. The Balaban J connectivity index is 2.01. The summed E-state index contributed by atoms with van der Waals surface area (Å²) in [5.41, 5.74) is 0.377. The number of rotatable bonds is 7. The highest BCUT2D eigenvalue weighted by molar-refractivity contribution is 7.92. The first kappa shape index (κ1) is 20.8. The van der Waals surface area contributed by atoms with Crippen LogP contribution in [0.15, 0.2) is 47.4 Å². The summed E-state index contributed by atoms with van der Waals surface area (Å²) in [5.74, 6) is 0.700. The molecule has 0 saturated heterocycles. The third kappa shape index (κ3) is 4.09. The standard InChI is InChI=1S/C20H24N2O6S/c1-4-11-21-20(23)19-13-22(15-7-5-6-8-16(15)28-19)29(24,25)14-9-10-17(26-2)18(12-14)27-3/h5-10,12,19H,4,11,13H2,1-3H3,(H,21,23). The minimum atomic E-state index is -3.98. The topological polar surface area (TPSA) is 94.2 Å². The lowest BCUT2D eigenvalue weighted by molar-refractivity contribution is -0.127.